The second-order valence-corrected chi connectivity index (χ2v) is 6.06. The van der Waals surface area contributed by atoms with Gasteiger partial charge in [-0.25, -0.2) is 0 Å². The van der Waals surface area contributed by atoms with Crippen LogP contribution in [0.3, 0.4) is 0 Å². The van der Waals surface area contributed by atoms with Crippen molar-refractivity contribution in [3.05, 3.63) is 59.8 Å². The summed E-state index contributed by atoms with van der Waals surface area (Å²) in [7, 11) is 0. The van der Waals surface area contributed by atoms with E-state index in [1.165, 1.54) is 0 Å². The molecule has 0 aliphatic carbocycles. The van der Waals surface area contributed by atoms with Crippen molar-refractivity contribution in [2.75, 3.05) is 10.6 Å². The van der Waals surface area contributed by atoms with Gasteiger partial charge in [-0.3, -0.25) is 9.59 Å². The molecule has 23 heavy (non-hydrogen) atoms. The second-order valence-electron chi connectivity index (χ2n) is 6.06. The minimum Gasteiger partial charge on any atom is -0.361 e. The Bertz CT molecular complexity index is 1000. The van der Waals surface area contributed by atoms with E-state index in [1.807, 2.05) is 48.7 Å². The van der Waals surface area contributed by atoms with E-state index in [9.17, 15) is 9.59 Å². The monoisotopic (exact) mass is 303 g/mol. The van der Waals surface area contributed by atoms with Crippen molar-refractivity contribution >= 4 is 34.1 Å². The largest absolute Gasteiger partial charge is 0.361 e. The molecule has 112 valence electrons. The number of nitrogens with one attached hydrogen (secondary N) is 3. The molecule has 1 spiro atoms. The number of H-pyrrole nitrogens is 1. The maximum atomic E-state index is 12.9. The number of benzene rings is 2. The summed E-state index contributed by atoms with van der Waals surface area (Å²) in [5, 5.41) is 6.78. The van der Waals surface area contributed by atoms with Crippen LogP contribution in [0.5, 0.6) is 0 Å². The van der Waals surface area contributed by atoms with Gasteiger partial charge in [-0.2, -0.15) is 0 Å². The third-order valence-corrected chi connectivity index (χ3v) is 4.89. The molecular weight excluding hydrogens is 290 g/mol. The van der Waals surface area contributed by atoms with E-state index in [2.05, 4.69) is 15.6 Å². The summed E-state index contributed by atoms with van der Waals surface area (Å²) in [6, 6.07) is 13.3. The van der Waals surface area contributed by atoms with Gasteiger partial charge in [0.15, 0.2) is 0 Å². The lowest BCUT2D eigenvalue weighted by Gasteiger charge is -2.24. The van der Waals surface area contributed by atoms with Gasteiger partial charge in [0.2, 0.25) is 11.8 Å². The summed E-state index contributed by atoms with van der Waals surface area (Å²) in [6.07, 6.45) is 1.95. The summed E-state index contributed by atoms with van der Waals surface area (Å²) in [4.78, 5) is 28.7. The van der Waals surface area contributed by atoms with E-state index in [0.717, 1.165) is 33.4 Å². The Morgan fingerprint density at radius 2 is 1.70 bits per heavy atom. The molecule has 2 aliphatic rings. The molecule has 2 aromatic carbocycles. The van der Waals surface area contributed by atoms with Crippen molar-refractivity contribution in [2.24, 2.45) is 0 Å². The van der Waals surface area contributed by atoms with Crippen LogP contribution in [0, 0.1) is 0 Å². The number of rotatable bonds is 0. The summed E-state index contributed by atoms with van der Waals surface area (Å²) in [5.74, 6) is -0.299. The predicted molar refractivity (Wildman–Crippen MR) is 87.4 cm³/mol. The molecule has 3 N–H and O–H groups in total. The lowest BCUT2D eigenvalue weighted by Crippen LogP contribution is -2.38. The van der Waals surface area contributed by atoms with Crippen molar-refractivity contribution in [1.82, 2.24) is 4.98 Å². The summed E-state index contributed by atoms with van der Waals surface area (Å²) in [5.41, 5.74) is 3.17. The number of para-hydroxylation sites is 1. The Labute approximate surface area is 131 Å². The number of amides is 2. The first kappa shape index (κ1) is 12.5. The maximum Gasteiger partial charge on any atom is 0.240 e. The van der Waals surface area contributed by atoms with E-state index in [4.69, 9.17) is 0 Å². The normalized spacial score (nSPS) is 21.9. The zero-order valence-corrected chi connectivity index (χ0v) is 12.1. The van der Waals surface area contributed by atoms with Gasteiger partial charge in [0.1, 0.15) is 5.41 Å². The molecule has 3 heterocycles. The summed E-state index contributed by atoms with van der Waals surface area (Å²) in [6.45, 7) is 0. The van der Waals surface area contributed by atoms with E-state index in [1.54, 1.807) is 0 Å². The molecule has 5 rings (SSSR count). The fourth-order valence-electron chi connectivity index (χ4n) is 3.91. The SMILES string of the molecule is O=C1CC2(C(=O)Nc3ccccc32)c2c[nH]c3cccc(c23)N1. The number of fused-ring (bicyclic) bond motifs is 3. The molecule has 2 amide bonds. The first-order valence-corrected chi connectivity index (χ1v) is 7.51. The third-order valence-electron chi connectivity index (χ3n) is 4.89. The van der Waals surface area contributed by atoms with Gasteiger partial charge < -0.3 is 15.6 Å². The Hall–Kier alpha value is -3.08. The van der Waals surface area contributed by atoms with Crippen LogP contribution in [0.15, 0.2) is 48.7 Å². The van der Waals surface area contributed by atoms with Gasteiger partial charge in [-0.1, -0.05) is 24.3 Å². The zero-order chi connectivity index (χ0) is 15.6. The fourth-order valence-corrected chi connectivity index (χ4v) is 3.91. The summed E-state index contributed by atoms with van der Waals surface area (Å²) < 4.78 is 0. The van der Waals surface area contributed by atoms with Crippen molar-refractivity contribution in [2.45, 2.75) is 11.8 Å². The predicted octanol–water partition coefficient (Wildman–Crippen LogP) is 2.75. The number of carbonyl (C=O) groups excluding carboxylic acids is 2. The molecule has 1 unspecified atom stereocenters. The fraction of sp³-hybridized carbons (Fsp3) is 0.111. The first-order valence-electron chi connectivity index (χ1n) is 7.51. The van der Waals surface area contributed by atoms with Crippen LogP contribution < -0.4 is 10.6 Å². The zero-order valence-electron chi connectivity index (χ0n) is 12.1. The Kier molecular flexibility index (Phi) is 2.17. The lowest BCUT2D eigenvalue weighted by atomic mass is 9.73. The molecule has 1 atom stereocenters. The Morgan fingerprint density at radius 1 is 0.870 bits per heavy atom. The van der Waals surface area contributed by atoms with Crippen LogP contribution in [0.25, 0.3) is 10.9 Å². The van der Waals surface area contributed by atoms with Crippen LogP contribution in [-0.4, -0.2) is 16.8 Å². The van der Waals surface area contributed by atoms with Crippen molar-refractivity contribution in [1.29, 1.82) is 0 Å². The van der Waals surface area contributed by atoms with Crippen molar-refractivity contribution < 1.29 is 9.59 Å². The molecule has 0 bridgehead atoms. The van der Waals surface area contributed by atoms with Crippen molar-refractivity contribution in [3.63, 3.8) is 0 Å². The van der Waals surface area contributed by atoms with E-state index >= 15 is 0 Å². The van der Waals surface area contributed by atoms with Gasteiger partial charge in [-0.15, -0.1) is 0 Å². The minimum absolute atomic E-state index is 0.0947. The van der Waals surface area contributed by atoms with Crippen LogP contribution in [0.4, 0.5) is 11.4 Å². The molecular formula is C18H13N3O2. The second kappa shape index (κ2) is 4.01. The first-order chi connectivity index (χ1) is 11.2. The number of aromatic nitrogens is 1. The molecule has 0 fully saturated rings. The topological polar surface area (TPSA) is 74.0 Å². The third kappa shape index (κ3) is 1.41. The van der Waals surface area contributed by atoms with Crippen LogP contribution >= 0.6 is 0 Å². The molecule has 3 aromatic rings. The molecule has 2 aliphatic heterocycles. The molecule has 5 nitrogen and oxygen atoms in total. The Morgan fingerprint density at radius 3 is 2.61 bits per heavy atom. The number of hydrogen-bond donors (Lipinski definition) is 3. The smallest absolute Gasteiger partial charge is 0.240 e. The van der Waals surface area contributed by atoms with Crippen LogP contribution in [0.1, 0.15) is 17.5 Å². The number of aromatic amines is 1. The highest BCUT2D eigenvalue weighted by Crippen LogP contribution is 2.49. The lowest BCUT2D eigenvalue weighted by molar-refractivity contribution is -0.124. The summed E-state index contributed by atoms with van der Waals surface area (Å²) >= 11 is 0. The minimum atomic E-state index is -0.981. The standard InChI is InChI=1S/C18H13N3O2/c22-15-8-18(10-4-1-2-5-12(10)21-17(18)23)11-9-19-13-6-3-7-14(20-15)16(11)13/h1-7,9,19H,8H2,(H,20,22)(H,21,23). The van der Waals surface area contributed by atoms with E-state index in [-0.39, 0.29) is 18.2 Å². The quantitative estimate of drug-likeness (QED) is 0.597. The number of anilines is 2. The highest BCUT2D eigenvalue weighted by molar-refractivity contribution is 6.17. The Balaban J connectivity index is 1.93. The molecule has 0 saturated carbocycles. The molecule has 1 aromatic heterocycles. The maximum absolute atomic E-state index is 12.9. The van der Waals surface area contributed by atoms with Crippen LogP contribution in [-0.2, 0) is 15.0 Å². The highest BCUT2D eigenvalue weighted by atomic mass is 16.2. The van der Waals surface area contributed by atoms with Gasteiger partial charge in [-0.05, 0) is 23.8 Å². The number of hydrogen-bond acceptors (Lipinski definition) is 2. The average molecular weight is 303 g/mol. The van der Waals surface area contributed by atoms with Gasteiger partial charge in [0.05, 0.1) is 5.69 Å². The van der Waals surface area contributed by atoms with Gasteiger partial charge in [0.25, 0.3) is 0 Å². The molecule has 5 heteroatoms. The van der Waals surface area contributed by atoms with Crippen LogP contribution in [0.2, 0.25) is 0 Å². The highest BCUT2D eigenvalue weighted by Gasteiger charge is 2.52. The van der Waals surface area contributed by atoms with E-state index < -0.39 is 5.41 Å². The number of carbonyl (C=O) groups is 2. The van der Waals surface area contributed by atoms with Gasteiger partial charge in [0, 0.05) is 34.8 Å². The molecule has 0 saturated heterocycles. The average Bonchev–Trinajstić information content (AvgIpc) is 3.04. The molecule has 0 radical (unpaired) electrons. The van der Waals surface area contributed by atoms with Crippen molar-refractivity contribution in [3.8, 4) is 0 Å². The van der Waals surface area contributed by atoms with Gasteiger partial charge >= 0.3 is 0 Å². The van der Waals surface area contributed by atoms with E-state index in [0.29, 0.717) is 0 Å².